The summed E-state index contributed by atoms with van der Waals surface area (Å²) in [7, 11) is 0. The van der Waals surface area contributed by atoms with Crippen molar-refractivity contribution in [3.05, 3.63) is 17.6 Å². The SMILES string of the molecule is CCOC(=O)C1CCN(c2ncnc3c2CCCC3)CC1. The number of piperidine rings is 1. The Morgan fingerprint density at radius 3 is 2.81 bits per heavy atom. The smallest absolute Gasteiger partial charge is 0.309 e. The minimum Gasteiger partial charge on any atom is -0.466 e. The molecular formula is C16H23N3O2. The third kappa shape index (κ3) is 3.01. The second-order valence-electron chi connectivity index (χ2n) is 5.84. The number of aryl methyl sites for hydroxylation is 1. The van der Waals surface area contributed by atoms with E-state index in [1.165, 1.54) is 24.1 Å². The largest absolute Gasteiger partial charge is 0.466 e. The highest BCUT2D eigenvalue weighted by Crippen LogP contribution is 2.30. The number of ether oxygens (including phenoxy) is 1. The van der Waals surface area contributed by atoms with Crippen molar-refractivity contribution in [3.63, 3.8) is 0 Å². The zero-order valence-electron chi connectivity index (χ0n) is 12.7. The van der Waals surface area contributed by atoms with Crippen LogP contribution in [0.15, 0.2) is 6.33 Å². The van der Waals surface area contributed by atoms with Gasteiger partial charge in [0.15, 0.2) is 0 Å². The molecule has 0 spiro atoms. The van der Waals surface area contributed by atoms with Gasteiger partial charge in [0.25, 0.3) is 0 Å². The molecule has 114 valence electrons. The van der Waals surface area contributed by atoms with Crippen LogP contribution >= 0.6 is 0 Å². The lowest BCUT2D eigenvalue weighted by Crippen LogP contribution is -2.38. The molecule has 21 heavy (non-hydrogen) atoms. The number of carbonyl (C=O) groups excluding carboxylic acids is 1. The van der Waals surface area contributed by atoms with Gasteiger partial charge in [-0.05, 0) is 45.4 Å². The molecule has 0 bridgehead atoms. The van der Waals surface area contributed by atoms with Crippen LogP contribution in [0.2, 0.25) is 0 Å². The molecule has 0 N–H and O–H groups in total. The fourth-order valence-electron chi connectivity index (χ4n) is 3.36. The predicted molar refractivity (Wildman–Crippen MR) is 80.2 cm³/mol. The van der Waals surface area contributed by atoms with Crippen molar-refractivity contribution in [2.24, 2.45) is 5.92 Å². The molecule has 5 nitrogen and oxygen atoms in total. The maximum absolute atomic E-state index is 11.8. The molecular weight excluding hydrogens is 266 g/mol. The fourth-order valence-corrected chi connectivity index (χ4v) is 3.36. The van der Waals surface area contributed by atoms with Crippen LogP contribution in [0.4, 0.5) is 5.82 Å². The van der Waals surface area contributed by atoms with Gasteiger partial charge in [0.1, 0.15) is 12.1 Å². The van der Waals surface area contributed by atoms with Gasteiger partial charge < -0.3 is 9.64 Å². The summed E-state index contributed by atoms with van der Waals surface area (Å²) in [6, 6.07) is 0. The van der Waals surface area contributed by atoms with E-state index in [1.54, 1.807) is 6.33 Å². The second-order valence-corrected chi connectivity index (χ2v) is 5.84. The Hall–Kier alpha value is -1.65. The first kappa shape index (κ1) is 14.3. The van der Waals surface area contributed by atoms with Crippen molar-refractivity contribution < 1.29 is 9.53 Å². The monoisotopic (exact) mass is 289 g/mol. The Balaban J connectivity index is 1.69. The zero-order valence-corrected chi connectivity index (χ0v) is 12.7. The molecule has 1 fully saturated rings. The highest BCUT2D eigenvalue weighted by molar-refractivity contribution is 5.72. The quantitative estimate of drug-likeness (QED) is 0.798. The summed E-state index contributed by atoms with van der Waals surface area (Å²) in [6.07, 6.45) is 8.03. The molecule has 1 saturated heterocycles. The van der Waals surface area contributed by atoms with Crippen LogP contribution in [0.1, 0.15) is 43.9 Å². The number of carbonyl (C=O) groups is 1. The molecule has 0 unspecified atom stereocenters. The lowest BCUT2D eigenvalue weighted by Gasteiger charge is -2.33. The van der Waals surface area contributed by atoms with Crippen molar-refractivity contribution in [2.75, 3.05) is 24.6 Å². The van der Waals surface area contributed by atoms with E-state index in [0.717, 1.165) is 44.6 Å². The Kier molecular flexibility index (Phi) is 4.36. The van der Waals surface area contributed by atoms with Crippen molar-refractivity contribution in [2.45, 2.75) is 45.4 Å². The first-order valence-electron chi connectivity index (χ1n) is 8.04. The summed E-state index contributed by atoms with van der Waals surface area (Å²) < 4.78 is 5.13. The van der Waals surface area contributed by atoms with E-state index < -0.39 is 0 Å². The number of esters is 1. The van der Waals surface area contributed by atoms with Gasteiger partial charge in [-0.25, -0.2) is 9.97 Å². The van der Waals surface area contributed by atoms with Crippen molar-refractivity contribution in [1.82, 2.24) is 9.97 Å². The molecule has 1 aromatic heterocycles. The number of hydrogen-bond acceptors (Lipinski definition) is 5. The van der Waals surface area contributed by atoms with E-state index in [0.29, 0.717) is 6.61 Å². The van der Waals surface area contributed by atoms with Gasteiger partial charge in [-0.2, -0.15) is 0 Å². The molecule has 2 aliphatic rings. The molecule has 0 aromatic carbocycles. The minimum atomic E-state index is -0.0399. The first-order chi connectivity index (χ1) is 10.3. The Morgan fingerprint density at radius 1 is 1.29 bits per heavy atom. The molecule has 2 heterocycles. The van der Waals surface area contributed by atoms with Crippen LogP contribution in [0.5, 0.6) is 0 Å². The summed E-state index contributed by atoms with van der Waals surface area (Å²) in [5, 5.41) is 0. The number of aromatic nitrogens is 2. The third-order valence-electron chi connectivity index (χ3n) is 4.52. The van der Waals surface area contributed by atoms with Crippen molar-refractivity contribution in [1.29, 1.82) is 0 Å². The first-order valence-corrected chi connectivity index (χ1v) is 8.04. The molecule has 0 saturated carbocycles. The van der Waals surface area contributed by atoms with Gasteiger partial charge in [0.2, 0.25) is 0 Å². The highest BCUT2D eigenvalue weighted by atomic mass is 16.5. The molecule has 5 heteroatoms. The molecule has 1 aliphatic carbocycles. The van der Waals surface area contributed by atoms with Gasteiger partial charge in [-0.1, -0.05) is 0 Å². The topological polar surface area (TPSA) is 55.3 Å². The molecule has 1 aliphatic heterocycles. The third-order valence-corrected chi connectivity index (χ3v) is 4.52. The van der Waals surface area contributed by atoms with E-state index in [-0.39, 0.29) is 11.9 Å². The standard InChI is InChI=1S/C16H23N3O2/c1-2-21-16(20)12-7-9-19(10-8-12)15-13-5-3-4-6-14(13)17-11-18-15/h11-12H,2-10H2,1H3. The number of rotatable bonds is 3. The summed E-state index contributed by atoms with van der Waals surface area (Å²) in [6.45, 7) is 4.10. The zero-order chi connectivity index (χ0) is 14.7. The van der Waals surface area contributed by atoms with Crippen molar-refractivity contribution >= 4 is 11.8 Å². The fraction of sp³-hybridized carbons (Fsp3) is 0.688. The molecule has 3 rings (SSSR count). The number of fused-ring (bicyclic) bond motifs is 1. The maximum atomic E-state index is 11.8. The van der Waals surface area contributed by atoms with Gasteiger partial charge in [0, 0.05) is 24.3 Å². The van der Waals surface area contributed by atoms with Crippen LogP contribution in [0.3, 0.4) is 0 Å². The number of nitrogens with zero attached hydrogens (tertiary/aromatic N) is 3. The Bertz CT molecular complexity index is 510. The summed E-state index contributed by atoms with van der Waals surface area (Å²) >= 11 is 0. The summed E-state index contributed by atoms with van der Waals surface area (Å²) in [4.78, 5) is 23.1. The van der Waals surface area contributed by atoms with Crippen LogP contribution in [0, 0.1) is 5.92 Å². The minimum absolute atomic E-state index is 0.0399. The van der Waals surface area contributed by atoms with E-state index >= 15 is 0 Å². The number of hydrogen-bond donors (Lipinski definition) is 0. The maximum Gasteiger partial charge on any atom is 0.309 e. The molecule has 0 atom stereocenters. The van der Waals surface area contributed by atoms with E-state index in [1.807, 2.05) is 6.92 Å². The Labute approximate surface area is 125 Å². The summed E-state index contributed by atoms with van der Waals surface area (Å²) in [5.74, 6) is 1.11. The second kappa shape index (κ2) is 6.41. The Morgan fingerprint density at radius 2 is 2.05 bits per heavy atom. The average Bonchev–Trinajstić information content (AvgIpc) is 2.55. The number of anilines is 1. The van der Waals surface area contributed by atoms with Gasteiger partial charge in [0.05, 0.1) is 12.5 Å². The predicted octanol–water partition coefficient (Wildman–Crippen LogP) is 2.13. The van der Waals surface area contributed by atoms with Gasteiger partial charge in [-0.3, -0.25) is 4.79 Å². The average molecular weight is 289 g/mol. The highest BCUT2D eigenvalue weighted by Gasteiger charge is 2.28. The van der Waals surface area contributed by atoms with Gasteiger partial charge in [-0.15, -0.1) is 0 Å². The normalized spacial score (nSPS) is 19.2. The van der Waals surface area contributed by atoms with Crippen LogP contribution < -0.4 is 4.90 Å². The molecule has 0 amide bonds. The lowest BCUT2D eigenvalue weighted by atomic mass is 9.94. The van der Waals surface area contributed by atoms with E-state index in [4.69, 9.17) is 4.74 Å². The molecule has 1 aromatic rings. The summed E-state index contributed by atoms with van der Waals surface area (Å²) in [5.41, 5.74) is 2.55. The van der Waals surface area contributed by atoms with E-state index in [9.17, 15) is 4.79 Å². The van der Waals surface area contributed by atoms with Crippen LogP contribution in [-0.4, -0.2) is 35.6 Å². The van der Waals surface area contributed by atoms with Crippen LogP contribution in [-0.2, 0) is 22.4 Å². The van der Waals surface area contributed by atoms with Crippen molar-refractivity contribution in [3.8, 4) is 0 Å². The lowest BCUT2D eigenvalue weighted by molar-refractivity contribution is -0.148. The van der Waals surface area contributed by atoms with E-state index in [2.05, 4.69) is 14.9 Å². The van der Waals surface area contributed by atoms with Gasteiger partial charge >= 0.3 is 5.97 Å². The van der Waals surface area contributed by atoms with Crippen LogP contribution in [0.25, 0.3) is 0 Å². The molecule has 0 radical (unpaired) electrons.